The minimum absolute atomic E-state index is 0.0742. The number of hydrogen-bond donors (Lipinski definition) is 1. The van der Waals surface area contributed by atoms with E-state index >= 15 is 0 Å². The Bertz CT molecular complexity index is 321. The summed E-state index contributed by atoms with van der Waals surface area (Å²) in [6.45, 7) is 1.07. The van der Waals surface area contributed by atoms with Crippen LogP contribution < -0.4 is 0 Å². The Hall–Kier alpha value is -1.33. The van der Waals surface area contributed by atoms with Gasteiger partial charge >= 0.3 is 5.97 Å². The Labute approximate surface area is 88.2 Å². The van der Waals surface area contributed by atoms with Crippen molar-refractivity contribution < 1.29 is 19.1 Å². The molecule has 0 aliphatic heterocycles. The molecule has 0 radical (unpaired) electrons. The molecule has 0 bridgehead atoms. The summed E-state index contributed by atoms with van der Waals surface area (Å²) in [4.78, 5) is 13.1. The summed E-state index contributed by atoms with van der Waals surface area (Å²) in [5.41, 5.74) is 0.433. The molecule has 1 aromatic heterocycles. The minimum Gasteiger partial charge on any atom is -0.467 e. The molecule has 15 heavy (non-hydrogen) atoms. The molecule has 0 saturated heterocycles. The number of ether oxygens (including phenoxy) is 1. The molecule has 1 rings (SSSR count). The molecule has 0 fully saturated rings. The van der Waals surface area contributed by atoms with Crippen LogP contribution >= 0.6 is 0 Å². The van der Waals surface area contributed by atoms with Crippen molar-refractivity contribution in [2.45, 2.75) is 6.54 Å². The number of furan rings is 1. The fourth-order valence-corrected chi connectivity index (χ4v) is 1.25. The second kappa shape index (κ2) is 5.53. The summed E-state index contributed by atoms with van der Waals surface area (Å²) in [6.07, 6.45) is 1.45. The summed E-state index contributed by atoms with van der Waals surface area (Å²) in [5, 5.41) is 8.73. The molecule has 84 valence electrons. The molecule has 0 aromatic carbocycles. The van der Waals surface area contributed by atoms with Gasteiger partial charge in [-0.25, -0.2) is 4.79 Å². The molecule has 0 atom stereocenters. The van der Waals surface area contributed by atoms with Gasteiger partial charge in [-0.1, -0.05) is 0 Å². The number of methoxy groups -OCH3 is 1. The van der Waals surface area contributed by atoms with Crippen LogP contribution in [0.5, 0.6) is 0 Å². The van der Waals surface area contributed by atoms with Crippen molar-refractivity contribution in [2.24, 2.45) is 0 Å². The smallest absolute Gasteiger partial charge is 0.341 e. The van der Waals surface area contributed by atoms with E-state index in [0.29, 0.717) is 24.4 Å². The first-order valence-corrected chi connectivity index (χ1v) is 4.63. The molecule has 0 saturated carbocycles. The second-order valence-electron chi connectivity index (χ2n) is 3.21. The molecule has 5 heteroatoms. The fourth-order valence-electron chi connectivity index (χ4n) is 1.25. The van der Waals surface area contributed by atoms with Gasteiger partial charge in [0.15, 0.2) is 0 Å². The largest absolute Gasteiger partial charge is 0.467 e. The normalized spacial score (nSPS) is 10.7. The number of hydrogen-bond acceptors (Lipinski definition) is 5. The van der Waals surface area contributed by atoms with Gasteiger partial charge < -0.3 is 14.3 Å². The third-order valence-electron chi connectivity index (χ3n) is 2.05. The Morgan fingerprint density at radius 1 is 1.67 bits per heavy atom. The Kier molecular flexibility index (Phi) is 4.33. The van der Waals surface area contributed by atoms with Gasteiger partial charge in [0.05, 0.1) is 26.5 Å². The van der Waals surface area contributed by atoms with Crippen LogP contribution in [0.15, 0.2) is 16.7 Å². The highest BCUT2D eigenvalue weighted by atomic mass is 16.5. The maximum absolute atomic E-state index is 11.3. The maximum atomic E-state index is 11.3. The predicted molar refractivity (Wildman–Crippen MR) is 53.5 cm³/mol. The third-order valence-corrected chi connectivity index (χ3v) is 2.05. The number of nitrogens with zero attached hydrogens (tertiary/aromatic N) is 1. The van der Waals surface area contributed by atoms with E-state index in [2.05, 4.69) is 4.74 Å². The molecule has 0 unspecified atom stereocenters. The van der Waals surface area contributed by atoms with Crippen LogP contribution in [0, 0.1) is 0 Å². The van der Waals surface area contributed by atoms with E-state index in [0.717, 1.165) is 0 Å². The molecular weight excluding hydrogens is 198 g/mol. The number of aliphatic hydroxyl groups is 1. The van der Waals surface area contributed by atoms with Crippen molar-refractivity contribution >= 4 is 5.97 Å². The molecule has 1 heterocycles. The summed E-state index contributed by atoms with van der Waals surface area (Å²) >= 11 is 0. The van der Waals surface area contributed by atoms with E-state index < -0.39 is 5.97 Å². The SMILES string of the molecule is COC(=O)c1ccoc1CN(C)CCO. The average molecular weight is 213 g/mol. The second-order valence-corrected chi connectivity index (χ2v) is 3.21. The number of aliphatic hydroxyl groups excluding tert-OH is 1. The number of carbonyl (C=O) groups is 1. The van der Waals surface area contributed by atoms with Gasteiger partial charge in [-0.2, -0.15) is 0 Å². The Morgan fingerprint density at radius 2 is 2.40 bits per heavy atom. The van der Waals surface area contributed by atoms with Crippen LogP contribution in [-0.2, 0) is 11.3 Å². The molecule has 0 spiro atoms. The van der Waals surface area contributed by atoms with Gasteiger partial charge in [0.2, 0.25) is 0 Å². The van der Waals surface area contributed by atoms with E-state index in [-0.39, 0.29) is 6.61 Å². The minimum atomic E-state index is -0.406. The Morgan fingerprint density at radius 3 is 3.00 bits per heavy atom. The molecule has 5 nitrogen and oxygen atoms in total. The van der Waals surface area contributed by atoms with E-state index in [4.69, 9.17) is 9.52 Å². The van der Waals surface area contributed by atoms with Gasteiger partial charge in [-0.15, -0.1) is 0 Å². The van der Waals surface area contributed by atoms with Crippen molar-refractivity contribution in [3.8, 4) is 0 Å². The van der Waals surface area contributed by atoms with Crippen LogP contribution in [0.4, 0.5) is 0 Å². The lowest BCUT2D eigenvalue weighted by molar-refractivity contribution is 0.0596. The lowest BCUT2D eigenvalue weighted by atomic mass is 10.2. The van der Waals surface area contributed by atoms with E-state index in [9.17, 15) is 4.79 Å². The molecule has 0 aliphatic rings. The standard InChI is InChI=1S/C10H15NO4/c1-11(4-5-12)7-9-8(3-6-15-9)10(13)14-2/h3,6,12H,4-5,7H2,1-2H3. The van der Waals surface area contributed by atoms with Crippen molar-refractivity contribution in [1.82, 2.24) is 4.90 Å². The van der Waals surface area contributed by atoms with Crippen LogP contribution in [0.1, 0.15) is 16.1 Å². The summed E-state index contributed by atoms with van der Waals surface area (Å²) in [7, 11) is 3.16. The van der Waals surface area contributed by atoms with Crippen molar-refractivity contribution in [3.05, 3.63) is 23.7 Å². The summed E-state index contributed by atoms with van der Waals surface area (Å²) in [6, 6.07) is 1.58. The number of esters is 1. The van der Waals surface area contributed by atoms with Crippen LogP contribution in [0.3, 0.4) is 0 Å². The van der Waals surface area contributed by atoms with Gasteiger partial charge in [-0.3, -0.25) is 4.90 Å². The van der Waals surface area contributed by atoms with Crippen molar-refractivity contribution in [3.63, 3.8) is 0 Å². The zero-order valence-electron chi connectivity index (χ0n) is 8.90. The van der Waals surface area contributed by atoms with Gasteiger partial charge in [0, 0.05) is 6.54 Å². The number of carbonyl (C=O) groups excluding carboxylic acids is 1. The predicted octanol–water partition coefficient (Wildman–Crippen LogP) is 0.490. The first kappa shape index (κ1) is 11.7. The van der Waals surface area contributed by atoms with Gasteiger partial charge in [0.1, 0.15) is 11.3 Å². The molecule has 1 N–H and O–H groups in total. The highest BCUT2D eigenvalue weighted by molar-refractivity contribution is 5.90. The summed E-state index contributed by atoms with van der Waals surface area (Å²) in [5.74, 6) is 0.147. The fraction of sp³-hybridized carbons (Fsp3) is 0.500. The third kappa shape index (κ3) is 3.07. The topological polar surface area (TPSA) is 62.9 Å². The summed E-state index contributed by atoms with van der Waals surface area (Å²) < 4.78 is 9.79. The molecular formula is C10H15NO4. The number of rotatable bonds is 5. The maximum Gasteiger partial charge on any atom is 0.341 e. The van der Waals surface area contributed by atoms with E-state index in [1.54, 1.807) is 6.07 Å². The van der Waals surface area contributed by atoms with Crippen molar-refractivity contribution in [2.75, 3.05) is 27.3 Å². The lowest BCUT2D eigenvalue weighted by Crippen LogP contribution is -2.22. The van der Waals surface area contributed by atoms with Crippen LogP contribution in [0.25, 0.3) is 0 Å². The van der Waals surface area contributed by atoms with Crippen LogP contribution in [0.2, 0.25) is 0 Å². The first-order valence-electron chi connectivity index (χ1n) is 4.63. The van der Waals surface area contributed by atoms with Crippen molar-refractivity contribution in [1.29, 1.82) is 0 Å². The number of likely N-dealkylation sites (N-methyl/N-ethyl adjacent to an activating group) is 1. The highest BCUT2D eigenvalue weighted by Gasteiger charge is 2.15. The molecule has 0 aliphatic carbocycles. The van der Waals surface area contributed by atoms with Gasteiger partial charge in [-0.05, 0) is 13.1 Å². The van der Waals surface area contributed by atoms with E-state index in [1.807, 2.05) is 11.9 Å². The quantitative estimate of drug-likeness (QED) is 0.721. The van der Waals surface area contributed by atoms with Gasteiger partial charge in [0.25, 0.3) is 0 Å². The zero-order chi connectivity index (χ0) is 11.3. The highest BCUT2D eigenvalue weighted by Crippen LogP contribution is 2.13. The van der Waals surface area contributed by atoms with E-state index in [1.165, 1.54) is 13.4 Å². The zero-order valence-corrected chi connectivity index (χ0v) is 8.90. The van der Waals surface area contributed by atoms with Crippen LogP contribution in [-0.4, -0.2) is 43.3 Å². The lowest BCUT2D eigenvalue weighted by Gasteiger charge is -2.13. The average Bonchev–Trinajstić information content (AvgIpc) is 2.65. The first-order chi connectivity index (χ1) is 7.19. The monoisotopic (exact) mass is 213 g/mol. The molecule has 0 amide bonds. The molecule has 1 aromatic rings. The Balaban J connectivity index is 2.68.